The average Bonchev–Trinajstić information content (AvgIpc) is 2.91. The molecule has 0 spiro atoms. The van der Waals surface area contributed by atoms with Crippen molar-refractivity contribution in [1.29, 1.82) is 0 Å². The van der Waals surface area contributed by atoms with Gasteiger partial charge in [-0.2, -0.15) is 0 Å². The molecule has 0 aliphatic carbocycles. The normalized spacial score (nSPS) is 11.1. The zero-order chi connectivity index (χ0) is 11.8. The van der Waals surface area contributed by atoms with Gasteiger partial charge in [-0.25, -0.2) is 0 Å². The van der Waals surface area contributed by atoms with Gasteiger partial charge in [-0.05, 0) is 24.7 Å². The van der Waals surface area contributed by atoms with E-state index in [2.05, 4.69) is 18.0 Å². The molecule has 0 saturated carbocycles. The molecule has 0 fully saturated rings. The molecule has 0 aliphatic rings. The molecule has 2 heterocycles. The molecular formula is C13H11NO2S. The molecule has 3 rings (SSSR count). The third kappa shape index (κ3) is 1.61. The highest BCUT2D eigenvalue weighted by molar-refractivity contribution is 7.71. The quantitative estimate of drug-likeness (QED) is 0.684. The van der Waals surface area contributed by atoms with Crippen LogP contribution < -0.4 is 0 Å². The number of hydrogen-bond donors (Lipinski definition) is 1. The number of benzene rings is 1. The first-order chi connectivity index (χ1) is 8.29. The Labute approximate surface area is 103 Å². The van der Waals surface area contributed by atoms with Gasteiger partial charge in [0.1, 0.15) is 17.5 Å². The van der Waals surface area contributed by atoms with Gasteiger partial charge in [-0.15, -0.1) is 0 Å². The van der Waals surface area contributed by atoms with E-state index >= 15 is 0 Å². The zero-order valence-corrected chi connectivity index (χ0v) is 10.1. The fourth-order valence-corrected chi connectivity index (χ4v) is 2.22. The molecule has 0 unspecified atom stereocenters. The first-order valence-electron chi connectivity index (χ1n) is 5.48. The van der Waals surface area contributed by atoms with Crippen LogP contribution in [0.25, 0.3) is 22.4 Å². The van der Waals surface area contributed by atoms with Crippen molar-refractivity contribution in [2.24, 2.45) is 0 Å². The Morgan fingerprint density at radius 1 is 1.29 bits per heavy atom. The number of furan rings is 1. The van der Waals surface area contributed by atoms with Crippen LogP contribution in [0.5, 0.6) is 0 Å². The molecule has 86 valence electrons. The van der Waals surface area contributed by atoms with Crippen LogP contribution >= 0.6 is 12.2 Å². The Morgan fingerprint density at radius 2 is 2.12 bits per heavy atom. The van der Waals surface area contributed by atoms with Gasteiger partial charge in [0, 0.05) is 10.9 Å². The van der Waals surface area contributed by atoms with Crippen molar-refractivity contribution >= 4 is 23.2 Å². The minimum atomic E-state index is 0.363. The van der Waals surface area contributed by atoms with Crippen molar-refractivity contribution < 1.29 is 8.83 Å². The molecule has 0 amide bonds. The van der Waals surface area contributed by atoms with Gasteiger partial charge in [0.2, 0.25) is 0 Å². The summed E-state index contributed by atoms with van der Waals surface area (Å²) in [6.45, 7) is 2.11. The van der Waals surface area contributed by atoms with Crippen LogP contribution in [-0.4, -0.2) is 4.98 Å². The lowest BCUT2D eigenvalue weighted by Crippen LogP contribution is -1.82. The summed E-state index contributed by atoms with van der Waals surface area (Å²) in [6.07, 6.45) is 2.50. The molecule has 0 atom stereocenters. The summed E-state index contributed by atoms with van der Waals surface area (Å²) in [4.78, 5) is 3.35. The molecule has 2 aromatic heterocycles. The molecule has 0 radical (unpaired) electrons. The third-order valence-electron chi connectivity index (χ3n) is 2.82. The number of aromatic nitrogens is 1. The van der Waals surface area contributed by atoms with Gasteiger partial charge < -0.3 is 13.8 Å². The summed E-state index contributed by atoms with van der Waals surface area (Å²) in [5, 5.41) is 1.14. The Bertz CT molecular complexity index is 720. The maximum atomic E-state index is 5.85. The number of fused-ring (bicyclic) bond motifs is 1. The van der Waals surface area contributed by atoms with E-state index in [1.807, 2.05) is 18.2 Å². The van der Waals surface area contributed by atoms with E-state index in [1.54, 1.807) is 6.26 Å². The smallest absolute Gasteiger partial charge is 0.266 e. The van der Waals surface area contributed by atoms with Crippen molar-refractivity contribution in [1.82, 2.24) is 4.98 Å². The average molecular weight is 245 g/mol. The van der Waals surface area contributed by atoms with E-state index in [-0.39, 0.29) is 0 Å². The number of rotatable bonds is 2. The number of hydrogen-bond acceptors (Lipinski definition) is 3. The Kier molecular flexibility index (Phi) is 2.37. The molecule has 1 N–H and O–H groups in total. The topological polar surface area (TPSA) is 42.1 Å². The zero-order valence-electron chi connectivity index (χ0n) is 9.32. The van der Waals surface area contributed by atoms with Crippen molar-refractivity contribution in [2.45, 2.75) is 13.3 Å². The molecule has 0 aliphatic heterocycles. The van der Waals surface area contributed by atoms with Crippen LogP contribution in [0.4, 0.5) is 0 Å². The monoisotopic (exact) mass is 245 g/mol. The van der Waals surface area contributed by atoms with Gasteiger partial charge in [0.25, 0.3) is 4.84 Å². The van der Waals surface area contributed by atoms with Crippen molar-refractivity contribution in [2.75, 3.05) is 0 Å². The molecular weight excluding hydrogens is 234 g/mol. The van der Waals surface area contributed by atoms with E-state index in [9.17, 15) is 0 Å². The minimum absolute atomic E-state index is 0.363. The van der Waals surface area contributed by atoms with Crippen molar-refractivity contribution in [3.8, 4) is 11.5 Å². The minimum Gasteiger partial charge on any atom is -0.454 e. The van der Waals surface area contributed by atoms with Crippen LogP contribution in [0.1, 0.15) is 12.5 Å². The largest absolute Gasteiger partial charge is 0.454 e. The van der Waals surface area contributed by atoms with Crippen LogP contribution in [0.15, 0.2) is 39.4 Å². The second kappa shape index (κ2) is 3.89. The SMILES string of the molecule is CCc1c(-c2coc(=S)[nH]2)oc2ccccc12. The van der Waals surface area contributed by atoms with E-state index in [0.717, 1.165) is 28.8 Å². The van der Waals surface area contributed by atoms with Gasteiger partial charge in [-0.3, -0.25) is 0 Å². The molecule has 4 heteroatoms. The van der Waals surface area contributed by atoms with Crippen LogP contribution in [0.3, 0.4) is 0 Å². The Balaban J connectivity index is 2.32. The van der Waals surface area contributed by atoms with E-state index in [0.29, 0.717) is 4.84 Å². The fourth-order valence-electron chi connectivity index (χ4n) is 2.06. The van der Waals surface area contributed by atoms with Crippen molar-refractivity contribution in [3.63, 3.8) is 0 Å². The summed E-state index contributed by atoms with van der Waals surface area (Å²) in [6, 6.07) is 8.01. The summed E-state index contributed by atoms with van der Waals surface area (Å²) < 4.78 is 11.0. The van der Waals surface area contributed by atoms with Crippen LogP contribution in [0, 0.1) is 4.84 Å². The Morgan fingerprint density at radius 3 is 2.82 bits per heavy atom. The number of H-pyrrole nitrogens is 1. The maximum Gasteiger partial charge on any atom is 0.266 e. The molecule has 0 bridgehead atoms. The predicted molar refractivity (Wildman–Crippen MR) is 68.5 cm³/mol. The van der Waals surface area contributed by atoms with Crippen LogP contribution in [0.2, 0.25) is 0 Å². The first-order valence-corrected chi connectivity index (χ1v) is 5.89. The first kappa shape index (κ1) is 10.4. The van der Waals surface area contributed by atoms with E-state index in [1.165, 1.54) is 5.56 Å². The highest BCUT2D eigenvalue weighted by Crippen LogP contribution is 2.32. The summed E-state index contributed by atoms with van der Waals surface area (Å²) in [5.41, 5.74) is 2.86. The molecule has 17 heavy (non-hydrogen) atoms. The van der Waals surface area contributed by atoms with Crippen LogP contribution in [-0.2, 0) is 6.42 Å². The fraction of sp³-hybridized carbons (Fsp3) is 0.154. The lowest BCUT2D eigenvalue weighted by molar-refractivity contribution is 0.540. The Hall–Kier alpha value is -1.81. The second-order valence-electron chi connectivity index (χ2n) is 3.82. The van der Waals surface area contributed by atoms with Gasteiger partial charge in [0.05, 0.1) is 0 Å². The highest BCUT2D eigenvalue weighted by atomic mass is 32.1. The number of aryl methyl sites for hydroxylation is 1. The summed E-state index contributed by atoms with van der Waals surface area (Å²) in [5.74, 6) is 0.813. The van der Waals surface area contributed by atoms with E-state index < -0.39 is 0 Å². The standard InChI is InChI=1S/C13H11NO2S/c1-2-8-9-5-3-4-6-11(9)16-12(8)10-7-15-13(17)14-10/h3-7H,2H2,1H3,(H,14,17). The van der Waals surface area contributed by atoms with Gasteiger partial charge >= 0.3 is 0 Å². The third-order valence-corrected chi connectivity index (χ3v) is 3.02. The number of para-hydroxylation sites is 1. The molecule has 0 saturated heterocycles. The van der Waals surface area contributed by atoms with Gasteiger partial charge in [-0.1, -0.05) is 25.1 Å². The number of oxazole rings is 1. The molecule has 3 aromatic rings. The highest BCUT2D eigenvalue weighted by Gasteiger charge is 2.15. The number of aromatic amines is 1. The number of nitrogens with one attached hydrogen (secondary N) is 1. The predicted octanol–water partition coefficient (Wildman–Crippen LogP) is 4.31. The lowest BCUT2D eigenvalue weighted by atomic mass is 10.1. The maximum absolute atomic E-state index is 5.85. The summed E-state index contributed by atoms with van der Waals surface area (Å²) in [7, 11) is 0. The van der Waals surface area contributed by atoms with Crippen molar-refractivity contribution in [3.05, 3.63) is 40.9 Å². The second-order valence-corrected chi connectivity index (χ2v) is 4.19. The van der Waals surface area contributed by atoms with Gasteiger partial charge in [0.15, 0.2) is 5.76 Å². The lowest BCUT2D eigenvalue weighted by Gasteiger charge is -1.95. The molecule has 1 aromatic carbocycles. The summed E-state index contributed by atoms with van der Waals surface area (Å²) >= 11 is 4.93. The molecule has 3 nitrogen and oxygen atoms in total. The van der Waals surface area contributed by atoms with E-state index in [4.69, 9.17) is 21.1 Å².